The molecule has 0 radical (unpaired) electrons. The molecule has 1 heterocycles. The Balaban J connectivity index is 1.66. The van der Waals surface area contributed by atoms with Crippen LogP contribution >= 0.6 is 0 Å². The van der Waals surface area contributed by atoms with Crippen LogP contribution in [0.4, 0.5) is 8.78 Å². The first-order valence-electron chi connectivity index (χ1n) is 9.50. The Morgan fingerprint density at radius 2 is 1.80 bits per heavy atom. The molecule has 0 aliphatic rings. The molecule has 1 unspecified atom stereocenters. The fourth-order valence-electron chi connectivity index (χ4n) is 3.59. The lowest BCUT2D eigenvalue weighted by Crippen LogP contribution is -2.29. The summed E-state index contributed by atoms with van der Waals surface area (Å²) in [6.07, 6.45) is 1.91. The predicted molar refractivity (Wildman–Crippen MR) is 112 cm³/mol. The van der Waals surface area contributed by atoms with Crippen molar-refractivity contribution in [3.8, 4) is 5.75 Å². The van der Waals surface area contributed by atoms with Crippen molar-refractivity contribution in [1.82, 2.24) is 10.3 Å². The number of fused-ring (bicyclic) bond motifs is 1. The number of halogens is 2. The van der Waals surface area contributed by atoms with Crippen molar-refractivity contribution < 1.29 is 18.3 Å². The van der Waals surface area contributed by atoms with Crippen molar-refractivity contribution in [3.63, 3.8) is 0 Å². The third kappa shape index (κ3) is 3.76. The lowest BCUT2D eigenvalue weighted by Gasteiger charge is -2.19. The quantitative estimate of drug-likeness (QED) is 0.473. The van der Waals surface area contributed by atoms with Gasteiger partial charge in [0.25, 0.3) is 5.91 Å². The zero-order valence-corrected chi connectivity index (χ0v) is 16.3. The third-order valence-corrected chi connectivity index (χ3v) is 5.18. The molecule has 2 N–H and O–H groups in total. The van der Waals surface area contributed by atoms with E-state index in [1.54, 1.807) is 7.11 Å². The predicted octanol–water partition coefficient (Wildman–Crippen LogP) is 5.02. The van der Waals surface area contributed by atoms with Gasteiger partial charge in [-0.05, 0) is 41.5 Å². The number of aromatic nitrogens is 1. The zero-order valence-electron chi connectivity index (χ0n) is 16.3. The minimum atomic E-state index is -1.15. The van der Waals surface area contributed by atoms with E-state index in [4.69, 9.17) is 4.74 Å². The van der Waals surface area contributed by atoms with E-state index in [9.17, 15) is 13.6 Å². The first-order valence-corrected chi connectivity index (χ1v) is 9.50. The fraction of sp³-hybridized carbons (Fsp3) is 0.125. The van der Waals surface area contributed by atoms with Gasteiger partial charge in [-0.15, -0.1) is 0 Å². The van der Waals surface area contributed by atoms with Gasteiger partial charge in [-0.25, -0.2) is 8.78 Å². The molecule has 4 rings (SSSR count). The number of methoxy groups -OCH3 is 1. The molecule has 0 saturated carbocycles. The van der Waals surface area contributed by atoms with Crippen LogP contribution in [0, 0.1) is 11.6 Å². The van der Waals surface area contributed by atoms with Crippen LogP contribution in [0.25, 0.3) is 10.9 Å². The van der Waals surface area contributed by atoms with E-state index in [1.807, 2.05) is 54.7 Å². The summed E-state index contributed by atoms with van der Waals surface area (Å²) in [7, 11) is 1.60. The zero-order chi connectivity index (χ0) is 21.1. The van der Waals surface area contributed by atoms with Crippen LogP contribution in [0.1, 0.15) is 27.4 Å². The number of ether oxygens (including phenoxy) is 1. The average molecular weight is 406 g/mol. The van der Waals surface area contributed by atoms with Gasteiger partial charge in [-0.3, -0.25) is 4.79 Å². The van der Waals surface area contributed by atoms with Crippen LogP contribution in [-0.2, 0) is 0 Å². The number of aromatic amines is 1. The topological polar surface area (TPSA) is 54.1 Å². The Morgan fingerprint density at radius 1 is 1.03 bits per heavy atom. The largest absolute Gasteiger partial charge is 0.497 e. The maximum absolute atomic E-state index is 14.0. The molecule has 3 aromatic carbocycles. The molecule has 30 heavy (non-hydrogen) atoms. The van der Waals surface area contributed by atoms with E-state index in [0.29, 0.717) is 0 Å². The Hall–Kier alpha value is -3.67. The number of hydrogen-bond donors (Lipinski definition) is 2. The number of carbonyl (C=O) groups is 1. The average Bonchev–Trinajstić information content (AvgIpc) is 3.20. The van der Waals surface area contributed by atoms with Gasteiger partial charge in [-0.2, -0.15) is 0 Å². The van der Waals surface area contributed by atoms with Crippen molar-refractivity contribution in [1.29, 1.82) is 0 Å². The molecule has 0 saturated heterocycles. The molecule has 0 fully saturated rings. The highest BCUT2D eigenvalue weighted by Gasteiger charge is 2.21. The number of benzene rings is 3. The number of para-hydroxylation sites is 1. The molecule has 0 bridgehead atoms. The number of H-pyrrole nitrogens is 1. The van der Waals surface area contributed by atoms with Crippen LogP contribution in [-0.4, -0.2) is 24.5 Å². The molecular formula is C24H20F2N2O2. The molecule has 0 aliphatic heterocycles. The van der Waals surface area contributed by atoms with Gasteiger partial charge in [0.1, 0.15) is 5.75 Å². The summed E-state index contributed by atoms with van der Waals surface area (Å²) in [6, 6.07) is 19.0. The van der Waals surface area contributed by atoms with Crippen LogP contribution in [0.5, 0.6) is 5.75 Å². The van der Waals surface area contributed by atoms with E-state index in [2.05, 4.69) is 10.3 Å². The molecule has 6 heteroatoms. The maximum atomic E-state index is 14.0. The smallest absolute Gasteiger partial charge is 0.254 e. The second-order valence-corrected chi connectivity index (χ2v) is 6.93. The maximum Gasteiger partial charge on any atom is 0.254 e. The lowest BCUT2D eigenvalue weighted by molar-refractivity contribution is 0.0947. The number of amides is 1. The van der Waals surface area contributed by atoms with Crippen LogP contribution < -0.4 is 10.1 Å². The number of rotatable bonds is 6. The van der Waals surface area contributed by atoms with Crippen molar-refractivity contribution in [2.75, 3.05) is 13.7 Å². The highest BCUT2D eigenvalue weighted by atomic mass is 19.2. The minimum Gasteiger partial charge on any atom is -0.497 e. The van der Waals surface area contributed by atoms with Crippen LogP contribution in [0.3, 0.4) is 0 Å². The van der Waals surface area contributed by atoms with E-state index in [0.717, 1.165) is 33.8 Å². The van der Waals surface area contributed by atoms with Gasteiger partial charge in [0, 0.05) is 29.6 Å². The molecule has 4 nitrogen and oxygen atoms in total. The van der Waals surface area contributed by atoms with Gasteiger partial charge in [0.05, 0.1) is 12.7 Å². The Kier molecular flexibility index (Phi) is 5.48. The second-order valence-electron chi connectivity index (χ2n) is 6.93. The van der Waals surface area contributed by atoms with Crippen molar-refractivity contribution in [3.05, 3.63) is 101 Å². The Labute approximate surface area is 172 Å². The van der Waals surface area contributed by atoms with Gasteiger partial charge in [0.15, 0.2) is 11.6 Å². The van der Waals surface area contributed by atoms with Crippen LogP contribution in [0.15, 0.2) is 72.9 Å². The molecule has 1 atom stereocenters. The molecule has 0 spiro atoms. The highest BCUT2D eigenvalue weighted by molar-refractivity contribution is 5.94. The van der Waals surface area contributed by atoms with E-state index < -0.39 is 17.5 Å². The fourth-order valence-corrected chi connectivity index (χ4v) is 3.59. The van der Waals surface area contributed by atoms with Crippen LogP contribution in [0.2, 0.25) is 0 Å². The van der Waals surface area contributed by atoms with Crippen molar-refractivity contribution >= 4 is 16.8 Å². The minimum absolute atomic E-state index is 0.201. The SMILES string of the molecule is COc1ccc(C(CNC(=O)c2cccc(F)c2F)c2c[nH]c3ccccc23)cc1. The van der Waals surface area contributed by atoms with E-state index >= 15 is 0 Å². The van der Waals surface area contributed by atoms with E-state index in [-0.39, 0.29) is 18.0 Å². The van der Waals surface area contributed by atoms with Gasteiger partial charge in [0.2, 0.25) is 0 Å². The standard InChI is InChI=1S/C24H20F2N2O2/c1-30-16-11-9-15(10-12-16)19(20-14-27-22-8-3-2-5-17(20)22)13-28-24(29)18-6-4-7-21(25)23(18)26/h2-12,14,19,27H,13H2,1H3,(H,28,29). The summed E-state index contributed by atoms with van der Waals surface area (Å²) in [6.45, 7) is 0.211. The summed E-state index contributed by atoms with van der Waals surface area (Å²) in [5, 5.41) is 3.79. The molecule has 1 amide bonds. The molecule has 1 aromatic heterocycles. The molecular weight excluding hydrogens is 386 g/mol. The summed E-state index contributed by atoms with van der Waals surface area (Å²) in [4.78, 5) is 15.8. The number of hydrogen-bond acceptors (Lipinski definition) is 2. The normalized spacial score (nSPS) is 12.0. The summed E-state index contributed by atoms with van der Waals surface area (Å²) in [5.74, 6) is -2.34. The summed E-state index contributed by atoms with van der Waals surface area (Å²) >= 11 is 0. The van der Waals surface area contributed by atoms with E-state index in [1.165, 1.54) is 12.1 Å². The van der Waals surface area contributed by atoms with Crippen molar-refractivity contribution in [2.45, 2.75) is 5.92 Å². The monoisotopic (exact) mass is 406 g/mol. The first-order chi connectivity index (χ1) is 14.6. The Bertz CT molecular complexity index is 1190. The van der Waals surface area contributed by atoms with Gasteiger partial charge in [-0.1, -0.05) is 36.4 Å². The number of carbonyl (C=O) groups excluding carboxylic acids is 1. The first kappa shape index (κ1) is 19.6. The summed E-state index contributed by atoms with van der Waals surface area (Å²) in [5.41, 5.74) is 2.62. The van der Waals surface area contributed by atoms with Gasteiger partial charge < -0.3 is 15.0 Å². The second kappa shape index (κ2) is 8.37. The Morgan fingerprint density at radius 3 is 2.57 bits per heavy atom. The van der Waals surface area contributed by atoms with Crippen molar-refractivity contribution in [2.24, 2.45) is 0 Å². The summed E-state index contributed by atoms with van der Waals surface area (Å²) < 4.78 is 32.7. The molecule has 0 aliphatic carbocycles. The number of nitrogens with one attached hydrogen (secondary N) is 2. The molecule has 152 valence electrons. The lowest BCUT2D eigenvalue weighted by atomic mass is 9.90. The van der Waals surface area contributed by atoms with Gasteiger partial charge >= 0.3 is 0 Å². The third-order valence-electron chi connectivity index (χ3n) is 5.18. The highest BCUT2D eigenvalue weighted by Crippen LogP contribution is 2.31. The molecule has 4 aromatic rings.